The molecular formula is C14H27NO. The van der Waals surface area contributed by atoms with Gasteiger partial charge in [-0.1, -0.05) is 44.9 Å². The van der Waals surface area contributed by atoms with Crippen LogP contribution in [0.1, 0.15) is 70.6 Å². The molecule has 0 radical (unpaired) electrons. The maximum absolute atomic E-state index is 6.15. The molecule has 0 aliphatic heterocycles. The summed E-state index contributed by atoms with van der Waals surface area (Å²) >= 11 is 0. The van der Waals surface area contributed by atoms with E-state index in [1.807, 2.05) is 0 Å². The standard InChI is InChI=1S/C14H27NO/c15-12-10-14(11-12)16-13-8-6-4-2-1-3-5-7-9-13/h12-14H,1-11,15H2. The largest absolute Gasteiger partial charge is 0.375 e. The molecule has 0 heterocycles. The molecule has 2 rings (SSSR count). The predicted molar refractivity (Wildman–Crippen MR) is 67.4 cm³/mol. The Morgan fingerprint density at radius 2 is 1.19 bits per heavy atom. The minimum absolute atomic E-state index is 0.421. The zero-order chi connectivity index (χ0) is 11.2. The minimum Gasteiger partial charge on any atom is -0.375 e. The van der Waals surface area contributed by atoms with Crippen molar-refractivity contribution in [3.05, 3.63) is 0 Å². The van der Waals surface area contributed by atoms with E-state index in [1.165, 1.54) is 57.8 Å². The third-order valence-corrected chi connectivity index (χ3v) is 4.07. The molecule has 0 spiro atoms. The van der Waals surface area contributed by atoms with Crippen molar-refractivity contribution in [1.29, 1.82) is 0 Å². The molecule has 2 aliphatic rings. The molecule has 2 nitrogen and oxygen atoms in total. The van der Waals surface area contributed by atoms with E-state index in [-0.39, 0.29) is 0 Å². The predicted octanol–water partition coefficient (Wildman–Crippen LogP) is 3.39. The molecule has 2 fully saturated rings. The summed E-state index contributed by atoms with van der Waals surface area (Å²) in [4.78, 5) is 0. The molecule has 0 aromatic rings. The number of hydrogen-bond donors (Lipinski definition) is 1. The Morgan fingerprint density at radius 1 is 0.688 bits per heavy atom. The van der Waals surface area contributed by atoms with E-state index in [0.717, 1.165) is 12.8 Å². The SMILES string of the molecule is NC1CC(OC2CCCCCCCCC2)C1. The Morgan fingerprint density at radius 3 is 1.69 bits per heavy atom. The molecule has 2 aliphatic carbocycles. The van der Waals surface area contributed by atoms with Gasteiger partial charge in [0.1, 0.15) is 0 Å². The van der Waals surface area contributed by atoms with Gasteiger partial charge in [0.15, 0.2) is 0 Å². The van der Waals surface area contributed by atoms with Crippen molar-refractivity contribution in [3.8, 4) is 0 Å². The van der Waals surface area contributed by atoms with Gasteiger partial charge in [0, 0.05) is 6.04 Å². The molecule has 16 heavy (non-hydrogen) atoms. The molecule has 0 saturated heterocycles. The average Bonchev–Trinajstić information content (AvgIpc) is 2.25. The van der Waals surface area contributed by atoms with Crippen LogP contribution in [-0.2, 0) is 4.74 Å². The number of nitrogens with two attached hydrogens (primary N) is 1. The average molecular weight is 225 g/mol. The summed E-state index contributed by atoms with van der Waals surface area (Å²) in [5.41, 5.74) is 5.80. The molecule has 2 N–H and O–H groups in total. The van der Waals surface area contributed by atoms with Gasteiger partial charge in [0.05, 0.1) is 12.2 Å². The lowest BCUT2D eigenvalue weighted by atomic mass is 9.89. The Kier molecular flexibility index (Phi) is 5.11. The molecule has 94 valence electrons. The molecule has 0 amide bonds. The van der Waals surface area contributed by atoms with Gasteiger partial charge in [0.2, 0.25) is 0 Å². The summed E-state index contributed by atoms with van der Waals surface area (Å²) in [6.07, 6.45) is 15.6. The van der Waals surface area contributed by atoms with Gasteiger partial charge in [-0.05, 0) is 25.7 Å². The molecule has 2 saturated carbocycles. The molecule has 0 atom stereocenters. The minimum atomic E-state index is 0.421. The van der Waals surface area contributed by atoms with E-state index >= 15 is 0 Å². The lowest BCUT2D eigenvalue weighted by Gasteiger charge is -2.35. The van der Waals surface area contributed by atoms with Gasteiger partial charge in [-0.25, -0.2) is 0 Å². The first kappa shape index (κ1) is 12.4. The van der Waals surface area contributed by atoms with E-state index in [4.69, 9.17) is 10.5 Å². The van der Waals surface area contributed by atoms with Crippen LogP contribution in [0.5, 0.6) is 0 Å². The van der Waals surface area contributed by atoms with E-state index in [9.17, 15) is 0 Å². The summed E-state index contributed by atoms with van der Waals surface area (Å²) < 4.78 is 6.15. The lowest BCUT2D eigenvalue weighted by Crippen LogP contribution is -2.43. The molecule has 0 bridgehead atoms. The molecule has 0 unspecified atom stereocenters. The molecular weight excluding hydrogens is 198 g/mol. The maximum atomic E-state index is 6.15. The number of rotatable bonds is 2. The van der Waals surface area contributed by atoms with Crippen LogP contribution in [0.3, 0.4) is 0 Å². The van der Waals surface area contributed by atoms with Gasteiger partial charge in [-0.15, -0.1) is 0 Å². The first-order valence-electron chi connectivity index (χ1n) is 7.25. The molecule has 0 aromatic heterocycles. The van der Waals surface area contributed by atoms with E-state index in [2.05, 4.69) is 0 Å². The smallest absolute Gasteiger partial charge is 0.0608 e. The lowest BCUT2D eigenvalue weighted by molar-refractivity contribution is -0.0665. The second-order valence-corrected chi connectivity index (χ2v) is 5.66. The number of ether oxygens (including phenoxy) is 1. The Balaban J connectivity index is 1.67. The Hall–Kier alpha value is -0.0800. The van der Waals surface area contributed by atoms with Gasteiger partial charge in [-0.3, -0.25) is 0 Å². The first-order chi connectivity index (χ1) is 7.84. The summed E-state index contributed by atoms with van der Waals surface area (Å²) in [6.45, 7) is 0. The third kappa shape index (κ3) is 4.06. The van der Waals surface area contributed by atoms with Crippen LogP contribution in [0.15, 0.2) is 0 Å². The maximum Gasteiger partial charge on any atom is 0.0608 e. The highest BCUT2D eigenvalue weighted by Crippen LogP contribution is 2.27. The highest BCUT2D eigenvalue weighted by atomic mass is 16.5. The molecule has 2 heteroatoms. The van der Waals surface area contributed by atoms with Gasteiger partial charge >= 0.3 is 0 Å². The third-order valence-electron chi connectivity index (χ3n) is 4.07. The van der Waals surface area contributed by atoms with Crippen LogP contribution >= 0.6 is 0 Å². The van der Waals surface area contributed by atoms with Gasteiger partial charge < -0.3 is 10.5 Å². The van der Waals surface area contributed by atoms with Crippen molar-refractivity contribution in [2.24, 2.45) is 5.73 Å². The molecule has 0 aromatic carbocycles. The zero-order valence-corrected chi connectivity index (χ0v) is 10.5. The highest BCUT2D eigenvalue weighted by molar-refractivity contribution is 4.84. The van der Waals surface area contributed by atoms with Crippen LogP contribution in [0.2, 0.25) is 0 Å². The van der Waals surface area contributed by atoms with Crippen LogP contribution < -0.4 is 5.73 Å². The quantitative estimate of drug-likeness (QED) is 0.782. The van der Waals surface area contributed by atoms with Crippen molar-refractivity contribution in [2.75, 3.05) is 0 Å². The van der Waals surface area contributed by atoms with Crippen molar-refractivity contribution in [3.63, 3.8) is 0 Å². The fraction of sp³-hybridized carbons (Fsp3) is 1.00. The Labute approximate surface area is 99.9 Å². The summed E-state index contributed by atoms with van der Waals surface area (Å²) in [5.74, 6) is 0. The topological polar surface area (TPSA) is 35.2 Å². The van der Waals surface area contributed by atoms with E-state index in [0.29, 0.717) is 18.2 Å². The van der Waals surface area contributed by atoms with Crippen LogP contribution in [0.25, 0.3) is 0 Å². The number of hydrogen-bond acceptors (Lipinski definition) is 2. The van der Waals surface area contributed by atoms with E-state index < -0.39 is 0 Å². The zero-order valence-electron chi connectivity index (χ0n) is 10.5. The van der Waals surface area contributed by atoms with Crippen LogP contribution in [0, 0.1) is 0 Å². The van der Waals surface area contributed by atoms with Crippen molar-refractivity contribution in [1.82, 2.24) is 0 Å². The monoisotopic (exact) mass is 225 g/mol. The summed E-state index contributed by atoms with van der Waals surface area (Å²) in [5, 5.41) is 0. The van der Waals surface area contributed by atoms with E-state index in [1.54, 1.807) is 0 Å². The fourth-order valence-corrected chi connectivity index (χ4v) is 2.90. The second kappa shape index (κ2) is 6.61. The van der Waals surface area contributed by atoms with Gasteiger partial charge in [0.25, 0.3) is 0 Å². The normalized spacial score (nSPS) is 34.3. The van der Waals surface area contributed by atoms with Crippen molar-refractivity contribution < 1.29 is 4.74 Å². The second-order valence-electron chi connectivity index (χ2n) is 5.66. The van der Waals surface area contributed by atoms with Crippen molar-refractivity contribution >= 4 is 0 Å². The Bertz CT molecular complexity index is 179. The summed E-state index contributed by atoms with van der Waals surface area (Å²) in [7, 11) is 0. The van der Waals surface area contributed by atoms with Crippen molar-refractivity contribution in [2.45, 2.75) is 88.9 Å². The first-order valence-corrected chi connectivity index (χ1v) is 7.25. The summed E-state index contributed by atoms with van der Waals surface area (Å²) in [6, 6.07) is 0.421. The van der Waals surface area contributed by atoms with Crippen LogP contribution in [-0.4, -0.2) is 18.2 Å². The fourth-order valence-electron chi connectivity index (χ4n) is 2.90. The highest BCUT2D eigenvalue weighted by Gasteiger charge is 2.28. The van der Waals surface area contributed by atoms with Crippen LogP contribution in [0.4, 0.5) is 0 Å². The van der Waals surface area contributed by atoms with Gasteiger partial charge in [-0.2, -0.15) is 0 Å².